The highest BCUT2D eigenvalue weighted by Crippen LogP contribution is 2.23. The number of hydrogen-bond acceptors (Lipinski definition) is 5. The summed E-state index contributed by atoms with van der Waals surface area (Å²) in [6.45, 7) is 3.86. The molecule has 5 heteroatoms. The third kappa shape index (κ3) is 3.63. The van der Waals surface area contributed by atoms with Crippen molar-refractivity contribution in [1.29, 1.82) is 0 Å². The smallest absolute Gasteiger partial charge is 0.228 e. The third-order valence-electron chi connectivity index (χ3n) is 3.63. The summed E-state index contributed by atoms with van der Waals surface area (Å²) in [7, 11) is 0. The number of nitrogens with two attached hydrogens (primary N) is 1. The van der Waals surface area contributed by atoms with E-state index in [-0.39, 0.29) is 12.0 Å². The van der Waals surface area contributed by atoms with Gasteiger partial charge in [-0.15, -0.1) is 0 Å². The summed E-state index contributed by atoms with van der Waals surface area (Å²) in [6.07, 6.45) is 0. The molecule has 0 saturated carbocycles. The van der Waals surface area contributed by atoms with Crippen LogP contribution in [0.15, 0.2) is 54.6 Å². The Morgan fingerprint density at radius 2 is 1.52 bits per heavy atom. The molecule has 3 N–H and O–H groups in total. The Kier molecular flexibility index (Phi) is 4.19. The van der Waals surface area contributed by atoms with E-state index in [2.05, 4.69) is 63.6 Å². The first-order valence-electron chi connectivity index (χ1n) is 7.52. The first-order chi connectivity index (χ1) is 11.1. The maximum Gasteiger partial charge on any atom is 0.228 e. The Bertz CT molecular complexity index is 764. The van der Waals surface area contributed by atoms with E-state index >= 15 is 0 Å². The minimum atomic E-state index is 0.0704. The minimum absolute atomic E-state index is 0.0704. The maximum absolute atomic E-state index is 5.66. The lowest BCUT2D eigenvalue weighted by Gasteiger charge is -2.15. The molecule has 3 aromatic rings. The van der Waals surface area contributed by atoms with Crippen LogP contribution in [-0.4, -0.2) is 15.0 Å². The van der Waals surface area contributed by atoms with Crippen LogP contribution in [0.2, 0.25) is 0 Å². The van der Waals surface area contributed by atoms with Gasteiger partial charge in [-0.05, 0) is 30.5 Å². The van der Waals surface area contributed by atoms with Crippen LogP contribution in [0.25, 0.3) is 11.1 Å². The van der Waals surface area contributed by atoms with Crippen molar-refractivity contribution in [2.75, 3.05) is 11.1 Å². The molecule has 3 rings (SSSR count). The van der Waals surface area contributed by atoms with Crippen LogP contribution >= 0.6 is 0 Å². The molecule has 0 amide bonds. The number of rotatable bonds is 4. The van der Waals surface area contributed by atoms with E-state index in [1.54, 1.807) is 6.92 Å². The standard InChI is InChI=1S/C18H19N5/c1-12(20-18-22-13(2)21-17(19)23-18)14-8-10-16(11-9-14)15-6-4-3-5-7-15/h3-12H,1-2H3,(H3,19,20,21,22,23). The molecular weight excluding hydrogens is 286 g/mol. The van der Waals surface area contributed by atoms with Crippen molar-refractivity contribution < 1.29 is 0 Å². The predicted molar refractivity (Wildman–Crippen MR) is 92.9 cm³/mol. The number of aryl methyl sites for hydroxylation is 1. The summed E-state index contributed by atoms with van der Waals surface area (Å²) in [6, 6.07) is 18.8. The van der Waals surface area contributed by atoms with Gasteiger partial charge in [-0.2, -0.15) is 15.0 Å². The van der Waals surface area contributed by atoms with Gasteiger partial charge < -0.3 is 11.1 Å². The van der Waals surface area contributed by atoms with E-state index in [0.717, 1.165) is 5.56 Å². The summed E-state index contributed by atoms with van der Waals surface area (Å²) in [5.41, 5.74) is 9.21. The minimum Gasteiger partial charge on any atom is -0.368 e. The fourth-order valence-corrected chi connectivity index (χ4v) is 2.44. The average molecular weight is 305 g/mol. The van der Waals surface area contributed by atoms with Gasteiger partial charge in [-0.3, -0.25) is 0 Å². The highest BCUT2D eigenvalue weighted by Gasteiger charge is 2.09. The lowest BCUT2D eigenvalue weighted by atomic mass is 10.0. The van der Waals surface area contributed by atoms with E-state index in [1.807, 2.05) is 18.2 Å². The van der Waals surface area contributed by atoms with Crippen LogP contribution in [0.5, 0.6) is 0 Å². The van der Waals surface area contributed by atoms with Crippen molar-refractivity contribution in [2.45, 2.75) is 19.9 Å². The molecule has 0 bridgehead atoms. The average Bonchev–Trinajstić information content (AvgIpc) is 2.55. The van der Waals surface area contributed by atoms with Crippen molar-refractivity contribution in [3.63, 3.8) is 0 Å². The van der Waals surface area contributed by atoms with Gasteiger partial charge in [0.25, 0.3) is 0 Å². The lowest BCUT2D eigenvalue weighted by Crippen LogP contribution is -2.12. The summed E-state index contributed by atoms with van der Waals surface area (Å²) in [4.78, 5) is 12.3. The molecule has 0 fully saturated rings. The fourth-order valence-electron chi connectivity index (χ4n) is 2.44. The summed E-state index contributed by atoms with van der Waals surface area (Å²) < 4.78 is 0. The first-order valence-corrected chi connectivity index (χ1v) is 7.52. The topological polar surface area (TPSA) is 76.7 Å². The Morgan fingerprint density at radius 3 is 2.17 bits per heavy atom. The lowest BCUT2D eigenvalue weighted by molar-refractivity contribution is 0.848. The van der Waals surface area contributed by atoms with E-state index < -0.39 is 0 Å². The molecule has 1 heterocycles. The molecule has 0 aliphatic carbocycles. The highest BCUT2D eigenvalue weighted by molar-refractivity contribution is 5.63. The Balaban J connectivity index is 1.76. The van der Waals surface area contributed by atoms with Gasteiger partial charge >= 0.3 is 0 Å². The zero-order valence-electron chi connectivity index (χ0n) is 13.2. The largest absolute Gasteiger partial charge is 0.368 e. The molecule has 1 aromatic heterocycles. The number of benzene rings is 2. The second kappa shape index (κ2) is 6.44. The van der Waals surface area contributed by atoms with Crippen molar-refractivity contribution >= 4 is 11.9 Å². The van der Waals surface area contributed by atoms with Crippen LogP contribution in [0.3, 0.4) is 0 Å². The van der Waals surface area contributed by atoms with Crippen LogP contribution in [-0.2, 0) is 0 Å². The molecule has 2 aromatic carbocycles. The number of nitrogens with one attached hydrogen (secondary N) is 1. The highest BCUT2D eigenvalue weighted by atomic mass is 15.2. The van der Waals surface area contributed by atoms with Crippen LogP contribution in [0.4, 0.5) is 11.9 Å². The predicted octanol–water partition coefficient (Wildman–Crippen LogP) is 3.60. The molecule has 0 spiro atoms. The number of anilines is 2. The van der Waals surface area contributed by atoms with Crippen molar-refractivity contribution in [1.82, 2.24) is 15.0 Å². The van der Waals surface area contributed by atoms with Gasteiger partial charge in [0.15, 0.2) is 0 Å². The van der Waals surface area contributed by atoms with Gasteiger partial charge in [0.1, 0.15) is 5.82 Å². The van der Waals surface area contributed by atoms with Crippen molar-refractivity contribution in [2.24, 2.45) is 0 Å². The van der Waals surface area contributed by atoms with Crippen LogP contribution < -0.4 is 11.1 Å². The summed E-state index contributed by atoms with van der Waals surface area (Å²) in [5.74, 6) is 1.33. The van der Waals surface area contributed by atoms with Gasteiger partial charge in [0.05, 0.1) is 6.04 Å². The molecule has 0 aliphatic rings. The van der Waals surface area contributed by atoms with E-state index in [9.17, 15) is 0 Å². The Labute approximate surface area is 135 Å². The third-order valence-corrected chi connectivity index (χ3v) is 3.63. The summed E-state index contributed by atoms with van der Waals surface area (Å²) >= 11 is 0. The molecule has 0 radical (unpaired) electrons. The number of aromatic nitrogens is 3. The summed E-state index contributed by atoms with van der Waals surface area (Å²) in [5, 5.41) is 3.26. The molecule has 0 aliphatic heterocycles. The first kappa shape index (κ1) is 15.0. The van der Waals surface area contributed by atoms with Gasteiger partial charge in [0.2, 0.25) is 11.9 Å². The number of nitrogens with zero attached hydrogens (tertiary/aromatic N) is 3. The zero-order chi connectivity index (χ0) is 16.2. The normalized spacial score (nSPS) is 11.9. The van der Waals surface area contributed by atoms with Gasteiger partial charge in [0, 0.05) is 0 Å². The van der Waals surface area contributed by atoms with Gasteiger partial charge in [-0.25, -0.2) is 0 Å². The molecule has 23 heavy (non-hydrogen) atoms. The molecule has 116 valence electrons. The Morgan fingerprint density at radius 1 is 0.870 bits per heavy atom. The second-order valence-electron chi connectivity index (χ2n) is 5.42. The van der Waals surface area contributed by atoms with Gasteiger partial charge in [-0.1, -0.05) is 54.6 Å². The van der Waals surface area contributed by atoms with Crippen molar-refractivity contribution in [3.05, 3.63) is 66.0 Å². The number of nitrogen functional groups attached to an aromatic ring is 1. The molecule has 5 nitrogen and oxygen atoms in total. The molecule has 1 unspecified atom stereocenters. The van der Waals surface area contributed by atoms with Crippen molar-refractivity contribution in [3.8, 4) is 11.1 Å². The molecular formula is C18H19N5. The molecule has 1 atom stereocenters. The quantitative estimate of drug-likeness (QED) is 0.770. The van der Waals surface area contributed by atoms with Crippen LogP contribution in [0.1, 0.15) is 24.4 Å². The Hall–Kier alpha value is -2.95. The monoisotopic (exact) mass is 305 g/mol. The second-order valence-corrected chi connectivity index (χ2v) is 5.42. The maximum atomic E-state index is 5.66. The van der Waals surface area contributed by atoms with Crippen LogP contribution in [0, 0.1) is 6.92 Å². The number of hydrogen-bond donors (Lipinski definition) is 2. The fraction of sp³-hybridized carbons (Fsp3) is 0.167. The van der Waals surface area contributed by atoms with E-state index in [4.69, 9.17) is 5.73 Å². The van der Waals surface area contributed by atoms with E-state index in [0.29, 0.717) is 11.8 Å². The zero-order valence-corrected chi connectivity index (χ0v) is 13.2. The SMILES string of the molecule is Cc1nc(N)nc(NC(C)c2ccc(-c3ccccc3)cc2)n1. The molecule has 0 saturated heterocycles. The van der Waals surface area contributed by atoms with E-state index in [1.165, 1.54) is 11.1 Å².